The summed E-state index contributed by atoms with van der Waals surface area (Å²) in [6, 6.07) is 7.18. The molecule has 0 spiro atoms. The van der Waals surface area contributed by atoms with E-state index in [-0.39, 0.29) is 5.97 Å². The third kappa shape index (κ3) is 5.52. The number of primary amides is 1. The minimum atomic E-state index is -0.434. The number of benzene rings is 1. The third-order valence-corrected chi connectivity index (χ3v) is 2.67. The molecule has 0 aromatic heterocycles. The number of rotatable bonds is 7. The van der Waals surface area contributed by atoms with E-state index in [0.717, 1.165) is 5.56 Å². The maximum Gasteiger partial charge on any atom is 0.307 e. The molecule has 0 saturated carbocycles. The Morgan fingerprint density at radius 1 is 1.37 bits per heavy atom. The molecule has 0 aliphatic rings. The average Bonchev–Trinajstić information content (AvgIpc) is 2.37. The van der Waals surface area contributed by atoms with Crippen molar-refractivity contribution in [3.63, 3.8) is 0 Å². The van der Waals surface area contributed by atoms with Crippen molar-refractivity contribution in [2.75, 3.05) is 20.2 Å². The van der Waals surface area contributed by atoms with Crippen LogP contribution in [0.15, 0.2) is 24.3 Å². The summed E-state index contributed by atoms with van der Waals surface area (Å²) in [6.45, 7) is 3.46. The first-order valence-electron chi connectivity index (χ1n) is 6.25. The predicted molar refractivity (Wildman–Crippen MR) is 72.5 cm³/mol. The van der Waals surface area contributed by atoms with Crippen molar-refractivity contribution in [1.82, 2.24) is 4.90 Å². The highest BCUT2D eigenvalue weighted by Crippen LogP contribution is 2.07. The topological polar surface area (TPSA) is 72.6 Å². The molecule has 1 amide bonds. The van der Waals surface area contributed by atoms with E-state index in [1.165, 1.54) is 0 Å². The van der Waals surface area contributed by atoms with Crippen LogP contribution in [0.25, 0.3) is 0 Å². The summed E-state index contributed by atoms with van der Waals surface area (Å²) in [5.41, 5.74) is 6.72. The number of carbonyl (C=O) groups is 2. The third-order valence-electron chi connectivity index (χ3n) is 2.67. The van der Waals surface area contributed by atoms with Gasteiger partial charge in [-0.2, -0.15) is 0 Å². The Morgan fingerprint density at radius 2 is 2.11 bits per heavy atom. The van der Waals surface area contributed by atoms with Crippen molar-refractivity contribution in [3.8, 4) is 0 Å². The number of ether oxygens (including phenoxy) is 1. The molecule has 104 valence electrons. The lowest BCUT2D eigenvalue weighted by atomic mass is 10.1. The van der Waals surface area contributed by atoms with Gasteiger partial charge >= 0.3 is 5.97 Å². The molecule has 0 bridgehead atoms. The van der Waals surface area contributed by atoms with Crippen LogP contribution in [0, 0.1) is 0 Å². The first-order chi connectivity index (χ1) is 9.02. The van der Waals surface area contributed by atoms with Crippen LogP contribution in [0.4, 0.5) is 0 Å². The molecule has 5 heteroatoms. The molecule has 0 atom stereocenters. The van der Waals surface area contributed by atoms with Crippen LogP contribution in [0.5, 0.6) is 0 Å². The van der Waals surface area contributed by atoms with Crippen LogP contribution in [-0.4, -0.2) is 37.0 Å². The fourth-order valence-corrected chi connectivity index (χ4v) is 1.73. The summed E-state index contributed by atoms with van der Waals surface area (Å²) in [4.78, 5) is 24.3. The van der Waals surface area contributed by atoms with E-state index in [1.54, 1.807) is 25.1 Å². The Hall–Kier alpha value is -1.88. The lowest BCUT2D eigenvalue weighted by Gasteiger charge is -2.16. The highest BCUT2D eigenvalue weighted by Gasteiger charge is 2.07. The molecule has 0 radical (unpaired) electrons. The van der Waals surface area contributed by atoms with E-state index in [0.29, 0.717) is 31.7 Å². The second-order valence-electron chi connectivity index (χ2n) is 4.36. The number of esters is 1. The summed E-state index contributed by atoms with van der Waals surface area (Å²) in [6.07, 6.45) is 0.361. The molecule has 19 heavy (non-hydrogen) atoms. The highest BCUT2D eigenvalue weighted by molar-refractivity contribution is 5.92. The van der Waals surface area contributed by atoms with Crippen LogP contribution in [0.1, 0.15) is 29.3 Å². The van der Waals surface area contributed by atoms with Crippen molar-refractivity contribution in [2.24, 2.45) is 5.73 Å². The van der Waals surface area contributed by atoms with E-state index in [4.69, 9.17) is 10.5 Å². The van der Waals surface area contributed by atoms with Gasteiger partial charge in [0.15, 0.2) is 0 Å². The molecule has 0 heterocycles. The van der Waals surface area contributed by atoms with E-state index >= 15 is 0 Å². The largest absolute Gasteiger partial charge is 0.466 e. The second-order valence-corrected chi connectivity index (χ2v) is 4.36. The van der Waals surface area contributed by atoms with E-state index in [9.17, 15) is 9.59 Å². The minimum Gasteiger partial charge on any atom is -0.466 e. The Balaban J connectivity index is 2.48. The SMILES string of the molecule is CCOC(=O)CCN(C)Cc1cccc(C(N)=O)c1. The molecule has 0 unspecified atom stereocenters. The zero-order valence-electron chi connectivity index (χ0n) is 11.4. The van der Waals surface area contributed by atoms with Gasteiger partial charge < -0.3 is 15.4 Å². The van der Waals surface area contributed by atoms with Gasteiger partial charge in [-0.15, -0.1) is 0 Å². The quantitative estimate of drug-likeness (QED) is 0.750. The fraction of sp³-hybridized carbons (Fsp3) is 0.429. The summed E-state index contributed by atoms with van der Waals surface area (Å²) < 4.78 is 4.87. The molecule has 1 aromatic rings. The van der Waals surface area contributed by atoms with Gasteiger partial charge in [0.2, 0.25) is 5.91 Å². The van der Waals surface area contributed by atoms with Gasteiger partial charge in [0.25, 0.3) is 0 Å². The van der Waals surface area contributed by atoms with Crippen LogP contribution in [0.3, 0.4) is 0 Å². The lowest BCUT2D eigenvalue weighted by Crippen LogP contribution is -2.22. The smallest absolute Gasteiger partial charge is 0.307 e. The number of carbonyl (C=O) groups excluding carboxylic acids is 2. The molecule has 0 saturated heterocycles. The zero-order valence-corrected chi connectivity index (χ0v) is 11.4. The van der Waals surface area contributed by atoms with Gasteiger partial charge in [-0.1, -0.05) is 12.1 Å². The van der Waals surface area contributed by atoms with Crippen LogP contribution >= 0.6 is 0 Å². The Morgan fingerprint density at radius 3 is 2.74 bits per heavy atom. The van der Waals surface area contributed by atoms with Crippen molar-refractivity contribution in [3.05, 3.63) is 35.4 Å². The summed E-state index contributed by atoms with van der Waals surface area (Å²) in [7, 11) is 1.91. The Kier molecular flexibility index (Phi) is 6.02. The standard InChI is InChI=1S/C14H20N2O3/c1-3-19-13(17)7-8-16(2)10-11-5-4-6-12(9-11)14(15)18/h4-6,9H,3,7-8,10H2,1-2H3,(H2,15,18). The zero-order chi connectivity index (χ0) is 14.3. The van der Waals surface area contributed by atoms with Crippen molar-refractivity contribution in [1.29, 1.82) is 0 Å². The fourth-order valence-electron chi connectivity index (χ4n) is 1.73. The summed E-state index contributed by atoms with van der Waals surface area (Å²) in [5, 5.41) is 0. The molecule has 0 aliphatic heterocycles. The van der Waals surface area contributed by atoms with E-state index in [2.05, 4.69) is 0 Å². The Bertz CT molecular complexity index is 446. The second kappa shape index (κ2) is 7.53. The summed E-state index contributed by atoms with van der Waals surface area (Å²) >= 11 is 0. The number of nitrogens with zero attached hydrogens (tertiary/aromatic N) is 1. The van der Waals surface area contributed by atoms with Crippen LogP contribution in [0.2, 0.25) is 0 Å². The molecule has 1 rings (SSSR count). The van der Waals surface area contributed by atoms with Crippen molar-refractivity contribution in [2.45, 2.75) is 19.9 Å². The van der Waals surface area contributed by atoms with E-state index < -0.39 is 5.91 Å². The van der Waals surface area contributed by atoms with E-state index in [1.807, 2.05) is 18.0 Å². The Labute approximate surface area is 113 Å². The number of hydrogen-bond acceptors (Lipinski definition) is 4. The molecular formula is C14H20N2O3. The first kappa shape index (κ1) is 15.2. The maximum absolute atomic E-state index is 11.2. The summed E-state index contributed by atoms with van der Waals surface area (Å²) in [5.74, 6) is -0.628. The molecular weight excluding hydrogens is 244 g/mol. The van der Waals surface area contributed by atoms with Gasteiger partial charge in [-0.05, 0) is 31.7 Å². The molecule has 5 nitrogen and oxygen atoms in total. The highest BCUT2D eigenvalue weighted by atomic mass is 16.5. The average molecular weight is 264 g/mol. The van der Waals surface area contributed by atoms with Crippen LogP contribution < -0.4 is 5.73 Å². The maximum atomic E-state index is 11.2. The van der Waals surface area contributed by atoms with Gasteiger partial charge in [-0.3, -0.25) is 9.59 Å². The molecule has 0 fully saturated rings. The number of amides is 1. The lowest BCUT2D eigenvalue weighted by molar-refractivity contribution is -0.143. The molecule has 0 aliphatic carbocycles. The van der Waals surface area contributed by atoms with Crippen molar-refractivity contribution >= 4 is 11.9 Å². The first-order valence-corrected chi connectivity index (χ1v) is 6.25. The van der Waals surface area contributed by atoms with Gasteiger partial charge in [0.05, 0.1) is 13.0 Å². The normalized spacial score (nSPS) is 10.5. The molecule has 1 aromatic carbocycles. The minimum absolute atomic E-state index is 0.194. The predicted octanol–water partition coefficient (Wildman–Crippen LogP) is 1.17. The van der Waals surface area contributed by atoms with Crippen molar-refractivity contribution < 1.29 is 14.3 Å². The number of nitrogens with two attached hydrogens (primary N) is 1. The van der Waals surface area contributed by atoms with Gasteiger partial charge in [0, 0.05) is 18.7 Å². The molecule has 2 N–H and O–H groups in total. The van der Waals surface area contributed by atoms with Gasteiger partial charge in [-0.25, -0.2) is 0 Å². The van der Waals surface area contributed by atoms with Crippen LogP contribution in [-0.2, 0) is 16.1 Å². The number of hydrogen-bond donors (Lipinski definition) is 1. The monoisotopic (exact) mass is 264 g/mol. The van der Waals surface area contributed by atoms with Gasteiger partial charge in [0.1, 0.15) is 0 Å².